The van der Waals surface area contributed by atoms with Gasteiger partial charge in [-0.2, -0.15) is 4.31 Å². The molecule has 2 unspecified atom stereocenters. The predicted octanol–water partition coefficient (Wildman–Crippen LogP) is -1.75. The van der Waals surface area contributed by atoms with Crippen molar-refractivity contribution in [1.29, 1.82) is 0 Å². The van der Waals surface area contributed by atoms with Crippen molar-refractivity contribution in [3.63, 3.8) is 0 Å². The fraction of sp³-hybridized carbons (Fsp3) is 0.727. The van der Waals surface area contributed by atoms with Crippen LogP contribution in [0.25, 0.3) is 0 Å². The van der Waals surface area contributed by atoms with Crippen molar-refractivity contribution in [1.82, 2.24) is 9.62 Å². The molecule has 0 aliphatic carbocycles. The summed E-state index contributed by atoms with van der Waals surface area (Å²) in [5.41, 5.74) is 4.94. The van der Waals surface area contributed by atoms with Crippen LogP contribution in [0.1, 0.15) is 25.7 Å². The minimum Gasteiger partial charge on any atom is -0.480 e. The van der Waals surface area contributed by atoms with Gasteiger partial charge < -0.3 is 16.2 Å². The van der Waals surface area contributed by atoms with Gasteiger partial charge in [-0.3, -0.25) is 9.59 Å². The first-order chi connectivity index (χ1) is 9.62. The zero-order valence-corrected chi connectivity index (χ0v) is 12.4. The van der Waals surface area contributed by atoms with Crippen molar-refractivity contribution in [3.05, 3.63) is 0 Å². The number of sulfonamides is 1. The molecule has 4 N–H and O–H groups in total. The molecule has 120 valence electrons. The Morgan fingerprint density at radius 3 is 2.52 bits per heavy atom. The summed E-state index contributed by atoms with van der Waals surface area (Å²) in [4.78, 5) is 33.8. The number of aliphatic carboxylic acids is 1. The highest BCUT2D eigenvalue weighted by Gasteiger charge is 2.37. The molecular weight excluding hydrogens is 302 g/mol. The number of nitrogens with two attached hydrogens (primary N) is 1. The molecule has 0 aromatic heterocycles. The summed E-state index contributed by atoms with van der Waals surface area (Å²) < 4.78 is 24.2. The van der Waals surface area contributed by atoms with E-state index in [1.807, 2.05) is 0 Å². The molecule has 0 spiro atoms. The molecule has 1 fully saturated rings. The first kappa shape index (κ1) is 17.4. The van der Waals surface area contributed by atoms with Crippen molar-refractivity contribution in [2.24, 2.45) is 5.73 Å². The number of amides is 2. The second kappa shape index (κ2) is 6.85. The van der Waals surface area contributed by atoms with Crippen LogP contribution in [0.4, 0.5) is 0 Å². The molecule has 1 aliphatic heterocycles. The minimum atomic E-state index is -3.53. The SMILES string of the molecule is CS(=O)(=O)N1CCCC1C(=O)NC(CCC(N)=O)C(=O)O. The van der Waals surface area contributed by atoms with Crippen molar-refractivity contribution in [3.8, 4) is 0 Å². The van der Waals surface area contributed by atoms with E-state index in [9.17, 15) is 22.8 Å². The molecule has 2 amide bonds. The van der Waals surface area contributed by atoms with Gasteiger partial charge in [0.1, 0.15) is 12.1 Å². The Kier molecular flexibility index (Phi) is 5.67. The van der Waals surface area contributed by atoms with Crippen LogP contribution in [0, 0.1) is 0 Å². The summed E-state index contributed by atoms with van der Waals surface area (Å²) in [7, 11) is -3.53. The minimum absolute atomic E-state index is 0.137. The maximum atomic E-state index is 12.1. The number of carboxylic acid groups (broad SMARTS) is 1. The van der Waals surface area contributed by atoms with Gasteiger partial charge in [-0.1, -0.05) is 0 Å². The Hall–Kier alpha value is -1.68. The average molecular weight is 321 g/mol. The molecule has 1 heterocycles. The topological polar surface area (TPSA) is 147 Å². The molecule has 1 saturated heterocycles. The van der Waals surface area contributed by atoms with Crippen LogP contribution in [0.5, 0.6) is 0 Å². The Labute approximate surface area is 122 Å². The lowest BCUT2D eigenvalue weighted by Gasteiger charge is -2.23. The van der Waals surface area contributed by atoms with Gasteiger partial charge in [0.2, 0.25) is 21.8 Å². The number of primary amides is 1. The van der Waals surface area contributed by atoms with E-state index >= 15 is 0 Å². The van der Waals surface area contributed by atoms with Gasteiger partial charge >= 0.3 is 5.97 Å². The van der Waals surface area contributed by atoms with E-state index in [2.05, 4.69) is 5.32 Å². The number of nitrogens with zero attached hydrogens (tertiary/aromatic N) is 1. The van der Waals surface area contributed by atoms with Gasteiger partial charge in [-0.25, -0.2) is 13.2 Å². The fourth-order valence-electron chi connectivity index (χ4n) is 2.21. The van der Waals surface area contributed by atoms with Crippen LogP contribution in [-0.2, 0) is 24.4 Å². The molecule has 2 atom stereocenters. The molecule has 0 aromatic rings. The van der Waals surface area contributed by atoms with Gasteiger partial charge in [0.15, 0.2) is 0 Å². The zero-order chi connectivity index (χ0) is 16.2. The third-order valence-corrected chi connectivity index (χ3v) is 4.52. The second-order valence-corrected chi connectivity index (χ2v) is 6.87. The summed E-state index contributed by atoms with van der Waals surface area (Å²) in [6.45, 7) is 0.232. The highest BCUT2D eigenvalue weighted by atomic mass is 32.2. The lowest BCUT2D eigenvalue weighted by atomic mass is 10.1. The summed E-state index contributed by atoms with van der Waals surface area (Å²) in [5.74, 6) is -2.64. The molecule has 10 heteroatoms. The van der Waals surface area contributed by atoms with Crippen molar-refractivity contribution in [2.45, 2.75) is 37.8 Å². The number of hydrogen-bond donors (Lipinski definition) is 3. The second-order valence-electron chi connectivity index (χ2n) is 4.94. The Balaban J connectivity index is 2.73. The van der Waals surface area contributed by atoms with Crippen molar-refractivity contribution in [2.75, 3.05) is 12.8 Å². The average Bonchev–Trinajstić information content (AvgIpc) is 2.82. The highest BCUT2D eigenvalue weighted by molar-refractivity contribution is 7.88. The van der Waals surface area contributed by atoms with E-state index < -0.39 is 39.9 Å². The molecule has 0 radical (unpaired) electrons. The van der Waals surface area contributed by atoms with Crippen LogP contribution in [0.2, 0.25) is 0 Å². The molecule has 1 rings (SSSR count). The largest absolute Gasteiger partial charge is 0.480 e. The first-order valence-corrected chi connectivity index (χ1v) is 8.26. The summed E-state index contributed by atoms with van der Waals surface area (Å²) in [6.07, 6.45) is 1.55. The van der Waals surface area contributed by atoms with E-state index in [1.54, 1.807) is 0 Å². The van der Waals surface area contributed by atoms with Gasteiger partial charge in [0, 0.05) is 13.0 Å². The van der Waals surface area contributed by atoms with Crippen LogP contribution in [0.15, 0.2) is 0 Å². The molecule has 9 nitrogen and oxygen atoms in total. The number of carboxylic acids is 1. The Morgan fingerprint density at radius 2 is 2.05 bits per heavy atom. The quantitative estimate of drug-likeness (QED) is 0.506. The molecule has 0 bridgehead atoms. The van der Waals surface area contributed by atoms with Crippen molar-refractivity contribution >= 4 is 27.8 Å². The number of carbonyl (C=O) groups excluding carboxylic acids is 2. The molecule has 21 heavy (non-hydrogen) atoms. The Morgan fingerprint density at radius 1 is 1.43 bits per heavy atom. The summed E-state index contributed by atoms with van der Waals surface area (Å²) in [5, 5.41) is 11.3. The standard InChI is InChI=1S/C11H19N3O6S/c1-21(19,20)14-6-2-3-8(14)10(16)13-7(11(17)18)4-5-9(12)15/h7-8H,2-6H2,1H3,(H2,12,15)(H,13,16)(H,17,18). The smallest absolute Gasteiger partial charge is 0.326 e. The third kappa shape index (κ3) is 4.97. The predicted molar refractivity (Wildman–Crippen MR) is 72.6 cm³/mol. The normalized spacial score (nSPS) is 20.9. The van der Waals surface area contributed by atoms with Gasteiger partial charge in [-0.05, 0) is 19.3 Å². The van der Waals surface area contributed by atoms with Crippen molar-refractivity contribution < 1.29 is 27.9 Å². The maximum absolute atomic E-state index is 12.1. The maximum Gasteiger partial charge on any atom is 0.326 e. The molecule has 0 saturated carbocycles. The monoisotopic (exact) mass is 321 g/mol. The van der Waals surface area contributed by atoms with Crippen LogP contribution in [-0.4, -0.2) is 60.5 Å². The van der Waals surface area contributed by atoms with Gasteiger partial charge in [-0.15, -0.1) is 0 Å². The summed E-state index contributed by atoms with van der Waals surface area (Å²) in [6, 6.07) is -2.18. The zero-order valence-electron chi connectivity index (χ0n) is 11.6. The molecular formula is C11H19N3O6S. The van der Waals surface area contributed by atoms with Gasteiger partial charge in [0.05, 0.1) is 6.26 Å². The third-order valence-electron chi connectivity index (χ3n) is 3.23. The van der Waals surface area contributed by atoms with Crippen LogP contribution < -0.4 is 11.1 Å². The first-order valence-electron chi connectivity index (χ1n) is 6.41. The van der Waals surface area contributed by atoms with Crippen LogP contribution in [0.3, 0.4) is 0 Å². The number of hydrogen-bond acceptors (Lipinski definition) is 5. The molecule has 0 aromatic carbocycles. The Bertz CT molecular complexity index is 532. The number of carbonyl (C=O) groups is 3. The lowest BCUT2D eigenvalue weighted by Crippen LogP contribution is -2.50. The van der Waals surface area contributed by atoms with E-state index in [1.165, 1.54) is 0 Å². The number of nitrogens with one attached hydrogen (secondary N) is 1. The van der Waals surface area contributed by atoms with E-state index in [-0.39, 0.29) is 19.4 Å². The van der Waals surface area contributed by atoms with E-state index in [0.29, 0.717) is 12.8 Å². The van der Waals surface area contributed by atoms with E-state index in [4.69, 9.17) is 10.8 Å². The van der Waals surface area contributed by atoms with E-state index in [0.717, 1.165) is 10.6 Å². The fourth-order valence-corrected chi connectivity index (χ4v) is 3.34. The highest BCUT2D eigenvalue weighted by Crippen LogP contribution is 2.20. The van der Waals surface area contributed by atoms with Gasteiger partial charge in [0.25, 0.3) is 0 Å². The number of rotatable bonds is 7. The van der Waals surface area contributed by atoms with Crippen LogP contribution >= 0.6 is 0 Å². The summed E-state index contributed by atoms with van der Waals surface area (Å²) >= 11 is 0. The molecule has 1 aliphatic rings. The lowest BCUT2D eigenvalue weighted by molar-refractivity contribution is -0.142.